The van der Waals surface area contributed by atoms with Gasteiger partial charge in [-0.25, -0.2) is 18.1 Å². The van der Waals surface area contributed by atoms with Gasteiger partial charge in [0.1, 0.15) is 5.82 Å². The molecule has 2 aliphatic rings. The van der Waals surface area contributed by atoms with Crippen molar-refractivity contribution in [3.8, 4) is 0 Å². The standard InChI is InChI=1S/C33H35F3N6O4S/c34-33(35,36)30-29(46-32(40-30)42-17-7-12-25(22-42)24-10-5-2-6-11-24)31(43)39-26-13-14-28(37-21-26)41-18-15-27(16-19-41)47(44,45)38-20-23-8-3-1-4-9-23/h1-6,8-11,13-14,21,25,27,38H,7,12,15-20,22H2,(H,39,43). The molecule has 0 bridgehead atoms. The minimum Gasteiger partial charge on any atom is -0.417 e. The molecule has 2 aromatic carbocycles. The second-order valence-electron chi connectivity index (χ2n) is 11.8. The quantitative estimate of drug-likeness (QED) is 0.229. The van der Waals surface area contributed by atoms with E-state index in [4.69, 9.17) is 4.42 Å². The summed E-state index contributed by atoms with van der Waals surface area (Å²) in [6, 6.07) is 21.9. The molecule has 1 amide bonds. The Hall–Kier alpha value is -4.43. The van der Waals surface area contributed by atoms with Crippen LogP contribution < -0.4 is 19.8 Å². The van der Waals surface area contributed by atoms with Gasteiger partial charge in [0.25, 0.3) is 11.9 Å². The average Bonchev–Trinajstić information content (AvgIpc) is 3.56. The Morgan fingerprint density at radius 3 is 2.28 bits per heavy atom. The van der Waals surface area contributed by atoms with Crippen LogP contribution in [-0.2, 0) is 22.7 Å². The minimum absolute atomic E-state index is 0.0968. The number of piperidine rings is 2. The van der Waals surface area contributed by atoms with Crippen LogP contribution in [0.15, 0.2) is 83.4 Å². The maximum atomic E-state index is 14.0. The number of nitrogens with zero attached hydrogens (tertiary/aromatic N) is 4. The fourth-order valence-electron chi connectivity index (χ4n) is 6.07. The van der Waals surface area contributed by atoms with Crippen molar-refractivity contribution in [1.29, 1.82) is 0 Å². The summed E-state index contributed by atoms with van der Waals surface area (Å²) in [6.07, 6.45) is -1.13. The van der Waals surface area contributed by atoms with Crippen molar-refractivity contribution in [2.24, 2.45) is 0 Å². The highest BCUT2D eigenvalue weighted by Crippen LogP contribution is 2.36. The van der Waals surface area contributed by atoms with Crippen molar-refractivity contribution >= 4 is 33.5 Å². The third-order valence-corrected chi connectivity index (χ3v) is 10.5. The predicted octanol–water partition coefficient (Wildman–Crippen LogP) is 5.81. The number of carbonyl (C=O) groups excluding carboxylic acids is 1. The van der Waals surface area contributed by atoms with E-state index in [1.807, 2.05) is 65.6 Å². The molecule has 0 aliphatic carbocycles. The number of nitrogens with one attached hydrogen (secondary N) is 2. The van der Waals surface area contributed by atoms with Crippen LogP contribution >= 0.6 is 0 Å². The Morgan fingerprint density at radius 1 is 0.915 bits per heavy atom. The van der Waals surface area contributed by atoms with Crippen LogP contribution in [0.25, 0.3) is 0 Å². The summed E-state index contributed by atoms with van der Waals surface area (Å²) in [7, 11) is -3.51. The van der Waals surface area contributed by atoms with Gasteiger partial charge in [0.2, 0.25) is 15.8 Å². The molecule has 1 unspecified atom stereocenters. The third-order valence-electron chi connectivity index (χ3n) is 8.58. The smallest absolute Gasteiger partial charge is 0.417 e. The van der Waals surface area contributed by atoms with E-state index in [2.05, 4.69) is 20.0 Å². The second-order valence-corrected chi connectivity index (χ2v) is 13.8. The number of hydrogen-bond donors (Lipinski definition) is 2. The van der Waals surface area contributed by atoms with Crippen molar-refractivity contribution < 1.29 is 30.8 Å². The number of aromatic nitrogens is 2. The van der Waals surface area contributed by atoms with Crippen LogP contribution in [0.1, 0.15) is 59.0 Å². The SMILES string of the molecule is O=C(Nc1ccc(N2CCC(S(=O)(=O)NCc3ccccc3)CC2)nc1)c1oc(N2CCCC(c3ccccc3)C2)nc1C(F)(F)F. The van der Waals surface area contributed by atoms with E-state index >= 15 is 0 Å². The molecular weight excluding hydrogens is 633 g/mol. The lowest BCUT2D eigenvalue weighted by molar-refractivity contribution is -0.141. The molecule has 10 nitrogen and oxygen atoms in total. The Labute approximate surface area is 271 Å². The molecule has 248 valence electrons. The lowest BCUT2D eigenvalue weighted by atomic mass is 9.91. The van der Waals surface area contributed by atoms with Gasteiger partial charge in [-0.15, -0.1) is 0 Å². The molecule has 2 aliphatic heterocycles. The zero-order chi connectivity index (χ0) is 33.0. The monoisotopic (exact) mass is 668 g/mol. The highest BCUT2D eigenvalue weighted by Gasteiger charge is 2.42. The highest BCUT2D eigenvalue weighted by atomic mass is 32.2. The van der Waals surface area contributed by atoms with Gasteiger partial charge in [0.05, 0.1) is 17.1 Å². The molecule has 2 fully saturated rings. The van der Waals surface area contributed by atoms with E-state index in [1.54, 1.807) is 11.0 Å². The lowest BCUT2D eigenvalue weighted by Gasteiger charge is -2.32. The molecule has 2 N–H and O–H groups in total. The van der Waals surface area contributed by atoms with Gasteiger partial charge < -0.3 is 19.5 Å². The second kappa shape index (κ2) is 13.7. The number of anilines is 3. The van der Waals surface area contributed by atoms with E-state index in [1.165, 1.54) is 12.3 Å². The number of halogens is 3. The van der Waals surface area contributed by atoms with Crippen LogP contribution in [0.5, 0.6) is 0 Å². The maximum Gasteiger partial charge on any atom is 0.437 e. The summed E-state index contributed by atoms with van der Waals surface area (Å²) in [5, 5.41) is 1.91. The van der Waals surface area contributed by atoms with Crippen LogP contribution in [-0.4, -0.2) is 55.7 Å². The molecule has 0 spiro atoms. The first-order valence-corrected chi connectivity index (χ1v) is 17.0. The summed E-state index contributed by atoms with van der Waals surface area (Å²) in [5.74, 6) is -1.34. The number of sulfonamides is 1. The number of alkyl halides is 3. The molecule has 14 heteroatoms. The molecule has 6 rings (SSSR count). The van der Waals surface area contributed by atoms with Crippen LogP contribution in [0, 0.1) is 0 Å². The van der Waals surface area contributed by atoms with E-state index in [0.717, 1.165) is 24.0 Å². The van der Waals surface area contributed by atoms with Crippen molar-refractivity contribution in [2.45, 2.75) is 49.6 Å². The first-order valence-electron chi connectivity index (χ1n) is 15.5. The average molecular weight is 669 g/mol. The summed E-state index contributed by atoms with van der Waals surface area (Å²) >= 11 is 0. The van der Waals surface area contributed by atoms with Gasteiger partial charge in [0, 0.05) is 38.6 Å². The molecule has 2 saturated heterocycles. The van der Waals surface area contributed by atoms with Gasteiger partial charge in [-0.2, -0.15) is 18.2 Å². The Morgan fingerprint density at radius 2 is 1.62 bits per heavy atom. The zero-order valence-electron chi connectivity index (χ0n) is 25.5. The molecule has 0 radical (unpaired) electrons. The Bertz CT molecular complexity index is 1760. The fraction of sp³-hybridized carbons (Fsp3) is 0.364. The highest BCUT2D eigenvalue weighted by molar-refractivity contribution is 7.90. The molecular formula is C33H35F3N6O4S. The molecule has 1 atom stereocenters. The lowest BCUT2D eigenvalue weighted by Crippen LogP contribution is -2.43. The van der Waals surface area contributed by atoms with Crippen molar-refractivity contribution in [1.82, 2.24) is 14.7 Å². The van der Waals surface area contributed by atoms with E-state index in [0.29, 0.717) is 44.8 Å². The molecule has 0 saturated carbocycles. The number of rotatable bonds is 9. The molecule has 47 heavy (non-hydrogen) atoms. The van der Waals surface area contributed by atoms with E-state index in [-0.39, 0.29) is 24.2 Å². The topological polar surface area (TPSA) is 121 Å². The van der Waals surface area contributed by atoms with Gasteiger partial charge in [-0.3, -0.25) is 4.79 Å². The summed E-state index contributed by atoms with van der Waals surface area (Å²) in [5.41, 5.74) is 0.753. The number of hydrogen-bond acceptors (Lipinski definition) is 8. The van der Waals surface area contributed by atoms with Gasteiger partial charge >= 0.3 is 6.18 Å². The first kappa shape index (κ1) is 32.5. The number of pyridine rings is 1. The maximum absolute atomic E-state index is 14.0. The van der Waals surface area contributed by atoms with E-state index < -0.39 is 38.8 Å². The normalized spacial score (nSPS) is 17.9. The fourth-order valence-corrected chi connectivity index (χ4v) is 7.50. The molecule has 2 aromatic heterocycles. The largest absolute Gasteiger partial charge is 0.437 e. The number of benzene rings is 2. The van der Waals surface area contributed by atoms with Crippen LogP contribution in [0.2, 0.25) is 0 Å². The number of amides is 1. The van der Waals surface area contributed by atoms with Gasteiger partial charge in [-0.1, -0.05) is 60.7 Å². The predicted molar refractivity (Wildman–Crippen MR) is 172 cm³/mol. The Balaban J connectivity index is 1.07. The number of carbonyl (C=O) groups is 1. The van der Waals surface area contributed by atoms with Crippen molar-refractivity contribution in [2.75, 3.05) is 41.3 Å². The van der Waals surface area contributed by atoms with Crippen LogP contribution in [0.4, 0.5) is 30.7 Å². The zero-order valence-corrected chi connectivity index (χ0v) is 26.3. The van der Waals surface area contributed by atoms with Gasteiger partial charge in [-0.05, 0) is 48.9 Å². The molecule has 4 aromatic rings. The van der Waals surface area contributed by atoms with E-state index in [9.17, 15) is 26.4 Å². The summed E-state index contributed by atoms with van der Waals surface area (Å²) < 4.78 is 75.8. The summed E-state index contributed by atoms with van der Waals surface area (Å²) in [4.78, 5) is 24.7. The first-order chi connectivity index (χ1) is 22.6. The summed E-state index contributed by atoms with van der Waals surface area (Å²) in [6.45, 7) is 2.01. The minimum atomic E-state index is -4.90. The Kier molecular flexibility index (Phi) is 9.50. The molecule has 4 heterocycles. The third kappa shape index (κ3) is 7.76. The van der Waals surface area contributed by atoms with Crippen molar-refractivity contribution in [3.63, 3.8) is 0 Å². The van der Waals surface area contributed by atoms with Crippen LogP contribution in [0.3, 0.4) is 0 Å². The van der Waals surface area contributed by atoms with Crippen molar-refractivity contribution in [3.05, 3.63) is 102 Å². The van der Waals surface area contributed by atoms with Gasteiger partial charge in [0.15, 0.2) is 5.69 Å². The number of oxazole rings is 1.